The number of H-pyrrole nitrogens is 1. The average Bonchev–Trinajstić information content (AvgIpc) is 3.30. The molecule has 1 aliphatic rings. The Morgan fingerprint density at radius 2 is 2.00 bits per heavy atom. The van der Waals surface area contributed by atoms with Crippen LogP contribution in [0.4, 0.5) is 0 Å². The summed E-state index contributed by atoms with van der Waals surface area (Å²) in [6.07, 6.45) is 4.88. The summed E-state index contributed by atoms with van der Waals surface area (Å²) in [7, 11) is 0. The molecular formula is C23H23N5OS. The first kappa shape index (κ1) is 18.9. The van der Waals surface area contributed by atoms with E-state index in [0.29, 0.717) is 0 Å². The van der Waals surface area contributed by atoms with Gasteiger partial charge >= 0.3 is 0 Å². The Kier molecular flexibility index (Phi) is 5.04. The van der Waals surface area contributed by atoms with Crippen LogP contribution in [0.3, 0.4) is 0 Å². The molecule has 2 aromatic carbocycles. The van der Waals surface area contributed by atoms with Gasteiger partial charge in [-0.25, -0.2) is 0 Å². The molecule has 0 aliphatic carbocycles. The minimum absolute atomic E-state index is 0.0879. The molecule has 7 heteroatoms. The first-order valence-corrected chi connectivity index (χ1v) is 11.1. The molecule has 1 amide bonds. The van der Waals surface area contributed by atoms with Gasteiger partial charge in [0.2, 0.25) is 5.91 Å². The van der Waals surface area contributed by atoms with E-state index in [1.807, 2.05) is 24.4 Å². The van der Waals surface area contributed by atoms with E-state index in [9.17, 15) is 4.79 Å². The smallest absolute Gasteiger partial charge is 0.233 e. The number of para-hydroxylation sites is 1. The lowest BCUT2D eigenvalue weighted by atomic mass is 10.1. The minimum atomic E-state index is -0.156. The first-order chi connectivity index (χ1) is 14.7. The van der Waals surface area contributed by atoms with E-state index in [1.165, 1.54) is 11.8 Å². The summed E-state index contributed by atoms with van der Waals surface area (Å²) in [6, 6.07) is 16.5. The van der Waals surface area contributed by atoms with Crippen LogP contribution in [0.25, 0.3) is 28.0 Å². The van der Waals surface area contributed by atoms with Crippen LogP contribution in [0.1, 0.15) is 24.8 Å². The zero-order valence-electron chi connectivity index (χ0n) is 16.8. The third-order valence-corrected chi connectivity index (χ3v) is 6.67. The summed E-state index contributed by atoms with van der Waals surface area (Å²) >= 11 is 1.50. The van der Waals surface area contributed by atoms with Crippen molar-refractivity contribution < 1.29 is 4.79 Å². The molecule has 6 nitrogen and oxygen atoms in total. The number of rotatable bonds is 4. The van der Waals surface area contributed by atoms with Gasteiger partial charge in [0.15, 0.2) is 11.0 Å². The number of hydrogen-bond donors (Lipinski definition) is 2. The molecule has 1 aliphatic heterocycles. The molecule has 5 rings (SSSR count). The number of aromatic amines is 1. The van der Waals surface area contributed by atoms with Crippen molar-refractivity contribution >= 4 is 28.6 Å². The lowest BCUT2D eigenvalue weighted by molar-refractivity contribution is -0.120. The fraction of sp³-hybridized carbons (Fsp3) is 0.261. The maximum atomic E-state index is 12.5. The van der Waals surface area contributed by atoms with Gasteiger partial charge in [-0.1, -0.05) is 48.5 Å². The Hall–Kier alpha value is -3.06. The number of aromatic nitrogens is 4. The zero-order chi connectivity index (χ0) is 20.5. The van der Waals surface area contributed by atoms with Crippen molar-refractivity contribution in [2.45, 2.75) is 36.6 Å². The third-order valence-electron chi connectivity index (χ3n) is 5.46. The van der Waals surface area contributed by atoms with Crippen molar-refractivity contribution in [1.29, 1.82) is 0 Å². The number of benzene rings is 2. The number of fused-ring (bicyclic) bond motifs is 1. The minimum Gasteiger partial charge on any atom is -0.360 e. The predicted octanol–water partition coefficient (Wildman–Crippen LogP) is 4.48. The molecule has 1 saturated heterocycles. The monoisotopic (exact) mass is 417 g/mol. The van der Waals surface area contributed by atoms with Crippen molar-refractivity contribution in [3.63, 3.8) is 0 Å². The third kappa shape index (κ3) is 3.50. The highest BCUT2D eigenvalue weighted by atomic mass is 32.2. The van der Waals surface area contributed by atoms with Gasteiger partial charge in [-0.2, -0.15) is 0 Å². The van der Waals surface area contributed by atoms with Crippen molar-refractivity contribution in [3.05, 3.63) is 60.3 Å². The highest BCUT2D eigenvalue weighted by Gasteiger charge is 2.26. The van der Waals surface area contributed by atoms with Crippen LogP contribution in [0.5, 0.6) is 0 Å². The summed E-state index contributed by atoms with van der Waals surface area (Å²) < 4.78 is 2.07. The molecule has 30 heavy (non-hydrogen) atoms. The number of hydrogen-bond acceptors (Lipinski definition) is 4. The highest BCUT2D eigenvalue weighted by molar-refractivity contribution is 8.00. The molecule has 152 valence electrons. The van der Waals surface area contributed by atoms with Crippen LogP contribution in [0.15, 0.2) is 59.9 Å². The maximum absolute atomic E-state index is 12.5. The Balaban J connectivity index is 1.64. The second kappa shape index (κ2) is 7.99. The number of thioether (sulfide) groups is 1. The Bertz CT molecular complexity index is 1210. The van der Waals surface area contributed by atoms with E-state index >= 15 is 0 Å². The second-order valence-corrected chi connectivity index (χ2v) is 8.79. The molecule has 4 aromatic rings. The van der Waals surface area contributed by atoms with Crippen molar-refractivity contribution in [2.75, 3.05) is 6.54 Å². The molecule has 2 N–H and O–H groups in total. The predicted molar refractivity (Wildman–Crippen MR) is 120 cm³/mol. The number of nitrogens with zero attached hydrogens (tertiary/aromatic N) is 3. The largest absolute Gasteiger partial charge is 0.360 e. The van der Waals surface area contributed by atoms with Gasteiger partial charge in [0.05, 0.1) is 5.25 Å². The van der Waals surface area contributed by atoms with Crippen LogP contribution in [0.2, 0.25) is 0 Å². The van der Waals surface area contributed by atoms with Gasteiger partial charge in [-0.05, 0) is 43.5 Å². The Morgan fingerprint density at radius 1 is 1.10 bits per heavy atom. The van der Waals surface area contributed by atoms with Gasteiger partial charge in [0.1, 0.15) is 0 Å². The molecule has 0 saturated carbocycles. The van der Waals surface area contributed by atoms with E-state index < -0.39 is 0 Å². The van der Waals surface area contributed by atoms with Gasteiger partial charge < -0.3 is 10.3 Å². The van der Waals surface area contributed by atoms with E-state index in [0.717, 1.165) is 64.5 Å². The van der Waals surface area contributed by atoms with Crippen molar-refractivity contribution in [2.24, 2.45) is 0 Å². The summed E-state index contributed by atoms with van der Waals surface area (Å²) in [4.78, 5) is 15.9. The molecule has 1 atom stereocenters. The Morgan fingerprint density at radius 3 is 2.90 bits per heavy atom. The van der Waals surface area contributed by atoms with E-state index in [2.05, 4.69) is 62.3 Å². The van der Waals surface area contributed by atoms with Crippen LogP contribution in [0, 0.1) is 6.92 Å². The van der Waals surface area contributed by atoms with Crippen LogP contribution >= 0.6 is 11.8 Å². The van der Waals surface area contributed by atoms with Gasteiger partial charge in [0, 0.05) is 34.9 Å². The van der Waals surface area contributed by atoms with E-state index in [-0.39, 0.29) is 11.2 Å². The summed E-state index contributed by atoms with van der Waals surface area (Å²) in [6.45, 7) is 2.83. The summed E-state index contributed by atoms with van der Waals surface area (Å²) in [5, 5.41) is 13.8. The fourth-order valence-electron chi connectivity index (χ4n) is 3.93. The molecule has 2 aromatic heterocycles. The normalized spacial score (nSPS) is 17.1. The van der Waals surface area contributed by atoms with Crippen molar-refractivity contribution in [1.82, 2.24) is 25.1 Å². The maximum Gasteiger partial charge on any atom is 0.233 e. The standard InChI is InChI=1S/C23H23N5OS/c1-15-7-6-8-16(13-15)28-21(18-14-25-19-10-3-2-9-17(18)19)26-27-23(28)30-20-11-4-5-12-24-22(20)29/h2-3,6-10,13-14,20,25H,4-5,11-12H2,1H3,(H,24,29). The van der Waals surface area contributed by atoms with E-state index in [1.54, 1.807) is 0 Å². The quantitative estimate of drug-likeness (QED) is 0.513. The van der Waals surface area contributed by atoms with Gasteiger partial charge in [-0.15, -0.1) is 10.2 Å². The van der Waals surface area contributed by atoms with Crippen LogP contribution in [-0.4, -0.2) is 37.5 Å². The molecular weight excluding hydrogens is 394 g/mol. The lowest BCUT2D eigenvalue weighted by Gasteiger charge is -2.15. The molecule has 3 heterocycles. The van der Waals surface area contributed by atoms with E-state index in [4.69, 9.17) is 0 Å². The topological polar surface area (TPSA) is 75.6 Å². The molecule has 0 bridgehead atoms. The highest BCUT2D eigenvalue weighted by Crippen LogP contribution is 2.35. The summed E-state index contributed by atoms with van der Waals surface area (Å²) in [5.41, 5.74) is 4.21. The number of nitrogens with one attached hydrogen (secondary N) is 2. The first-order valence-electron chi connectivity index (χ1n) is 10.2. The average molecular weight is 418 g/mol. The summed E-state index contributed by atoms with van der Waals surface area (Å²) in [5.74, 6) is 0.861. The number of amides is 1. The fourth-order valence-corrected chi connectivity index (χ4v) is 5.04. The molecule has 0 radical (unpaired) electrons. The van der Waals surface area contributed by atoms with Gasteiger partial charge in [-0.3, -0.25) is 9.36 Å². The SMILES string of the molecule is Cc1cccc(-n2c(SC3CCCCNC3=O)nnc2-c2c[nH]c3ccccc23)c1. The number of carbonyl (C=O) groups excluding carboxylic acids is 1. The Labute approximate surface area is 179 Å². The van der Waals surface area contributed by atoms with Gasteiger partial charge in [0.25, 0.3) is 0 Å². The lowest BCUT2D eigenvalue weighted by Crippen LogP contribution is -2.30. The molecule has 0 spiro atoms. The van der Waals surface area contributed by atoms with Crippen LogP contribution in [-0.2, 0) is 4.79 Å². The zero-order valence-corrected chi connectivity index (χ0v) is 17.6. The molecule has 1 fully saturated rings. The van der Waals surface area contributed by atoms with Crippen molar-refractivity contribution in [3.8, 4) is 17.1 Å². The second-order valence-electron chi connectivity index (χ2n) is 7.62. The van der Waals surface area contributed by atoms with Crippen LogP contribution < -0.4 is 5.32 Å². The number of aryl methyl sites for hydroxylation is 1. The number of carbonyl (C=O) groups is 1. The molecule has 1 unspecified atom stereocenters.